The predicted octanol–water partition coefficient (Wildman–Crippen LogP) is 0.954. The second-order valence-corrected chi connectivity index (χ2v) is 7.83. The molecule has 1 fully saturated rings. The number of carbonyl (C=O) groups excluding carboxylic acids is 3. The van der Waals surface area contributed by atoms with Gasteiger partial charge in [-0.3, -0.25) is 19.1 Å². The second kappa shape index (κ2) is 9.74. The zero-order valence-corrected chi connectivity index (χ0v) is 17.4. The van der Waals surface area contributed by atoms with Crippen LogP contribution in [0, 0.1) is 0 Å². The molecule has 9 heteroatoms. The number of nitrogens with one attached hydrogen (secondary N) is 2. The molecule has 1 saturated heterocycles. The van der Waals surface area contributed by atoms with Crippen molar-refractivity contribution in [3.8, 4) is 0 Å². The molecule has 2 aliphatic rings. The topological polar surface area (TPSA) is 106 Å². The van der Waals surface area contributed by atoms with Gasteiger partial charge in [-0.1, -0.05) is 30.3 Å². The van der Waals surface area contributed by atoms with Crippen LogP contribution in [0.1, 0.15) is 45.8 Å². The Labute approximate surface area is 180 Å². The summed E-state index contributed by atoms with van der Waals surface area (Å²) >= 11 is 0. The number of carbonyl (C=O) groups is 3. The number of hydrogen-bond acceptors (Lipinski definition) is 5. The fourth-order valence-electron chi connectivity index (χ4n) is 3.85. The zero-order chi connectivity index (χ0) is 21.6. The molecular weight excluding hydrogens is 398 g/mol. The first-order chi connectivity index (χ1) is 15.1. The summed E-state index contributed by atoms with van der Waals surface area (Å²) in [5.74, 6) is -0.910. The van der Waals surface area contributed by atoms with E-state index in [9.17, 15) is 14.4 Å². The smallest absolute Gasteiger partial charge is 0.272 e. The van der Waals surface area contributed by atoms with Crippen LogP contribution < -0.4 is 10.6 Å². The first-order valence-electron chi connectivity index (χ1n) is 10.7. The van der Waals surface area contributed by atoms with Crippen molar-refractivity contribution in [3.05, 3.63) is 53.3 Å². The monoisotopic (exact) mass is 425 g/mol. The summed E-state index contributed by atoms with van der Waals surface area (Å²) in [6, 6.07) is 11.3. The quantitative estimate of drug-likeness (QED) is 0.687. The van der Waals surface area contributed by atoms with E-state index in [-0.39, 0.29) is 30.2 Å². The lowest BCUT2D eigenvalue weighted by atomic mass is 10.2. The lowest BCUT2D eigenvalue weighted by Crippen LogP contribution is -2.40. The third-order valence-electron chi connectivity index (χ3n) is 5.49. The highest BCUT2D eigenvalue weighted by atomic mass is 16.5. The third-order valence-corrected chi connectivity index (χ3v) is 5.49. The Balaban J connectivity index is 1.34. The highest BCUT2D eigenvalue weighted by Gasteiger charge is 2.26. The molecule has 3 heterocycles. The molecule has 1 aromatic heterocycles. The van der Waals surface area contributed by atoms with Crippen molar-refractivity contribution in [2.24, 2.45) is 0 Å². The number of aromatic nitrogens is 2. The van der Waals surface area contributed by atoms with E-state index < -0.39 is 5.91 Å². The normalized spacial score (nSPS) is 18.4. The first kappa shape index (κ1) is 21.0. The number of benzene rings is 1. The van der Waals surface area contributed by atoms with Gasteiger partial charge in [0, 0.05) is 38.9 Å². The van der Waals surface area contributed by atoms with E-state index in [1.807, 2.05) is 30.3 Å². The van der Waals surface area contributed by atoms with Crippen LogP contribution in [0.4, 0.5) is 0 Å². The first-order valence-corrected chi connectivity index (χ1v) is 10.7. The van der Waals surface area contributed by atoms with Crippen molar-refractivity contribution in [2.45, 2.75) is 38.5 Å². The van der Waals surface area contributed by atoms with Crippen LogP contribution in [0.25, 0.3) is 0 Å². The van der Waals surface area contributed by atoms with Crippen LogP contribution in [-0.4, -0.2) is 64.7 Å². The number of aryl methyl sites for hydroxylation is 1. The minimum atomic E-state index is -0.477. The number of amides is 3. The van der Waals surface area contributed by atoms with Crippen molar-refractivity contribution in [1.82, 2.24) is 25.3 Å². The number of nitrogens with zero attached hydrogens (tertiary/aromatic N) is 3. The Kier molecular flexibility index (Phi) is 6.61. The molecule has 1 aromatic carbocycles. The van der Waals surface area contributed by atoms with E-state index in [0.29, 0.717) is 31.9 Å². The lowest BCUT2D eigenvalue weighted by Gasteiger charge is -2.20. The molecule has 0 unspecified atom stereocenters. The number of rotatable bonds is 7. The number of fused-ring (bicyclic) bond motifs is 1. The molecule has 0 radical (unpaired) electrons. The van der Waals surface area contributed by atoms with Crippen LogP contribution in [0.5, 0.6) is 0 Å². The molecule has 0 saturated carbocycles. The standard InChI is InChI=1S/C22H27N5O4/c28-20(23-13-17-8-4-11-31-17)14-24-21(29)18-12-19-22(30)26(9-5-10-27(19)25-18)15-16-6-2-1-3-7-16/h1-3,6-7,12,17H,4-5,8-11,13-15H2,(H,23,28)(H,24,29)/t17-/m1/s1. The van der Waals surface area contributed by atoms with E-state index in [1.165, 1.54) is 6.07 Å². The summed E-state index contributed by atoms with van der Waals surface area (Å²) in [5, 5.41) is 9.63. The molecule has 3 amide bonds. The van der Waals surface area contributed by atoms with Crippen LogP contribution in [0.15, 0.2) is 36.4 Å². The molecule has 0 spiro atoms. The van der Waals surface area contributed by atoms with Gasteiger partial charge in [0.2, 0.25) is 5.91 Å². The van der Waals surface area contributed by atoms with Gasteiger partial charge < -0.3 is 20.3 Å². The van der Waals surface area contributed by atoms with E-state index in [4.69, 9.17) is 4.74 Å². The Morgan fingerprint density at radius 2 is 1.97 bits per heavy atom. The van der Waals surface area contributed by atoms with Gasteiger partial charge in [-0.05, 0) is 24.8 Å². The molecular formula is C22H27N5O4. The van der Waals surface area contributed by atoms with Gasteiger partial charge in [-0.25, -0.2) is 0 Å². The molecule has 0 aliphatic carbocycles. The Morgan fingerprint density at radius 1 is 1.13 bits per heavy atom. The van der Waals surface area contributed by atoms with E-state index >= 15 is 0 Å². The van der Waals surface area contributed by atoms with Crippen LogP contribution in [0.2, 0.25) is 0 Å². The van der Waals surface area contributed by atoms with Gasteiger partial charge in [-0.15, -0.1) is 0 Å². The summed E-state index contributed by atoms with van der Waals surface area (Å²) in [6.45, 7) is 2.72. The Bertz CT molecular complexity index is 937. The summed E-state index contributed by atoms with van der Waals surface area (Å²) in [5.41, 5.74) is 1.58. The van der Waals surface area contributed by atoms with Crippen molar-refractivity contribution in [3.63, 3.8) is 0 Å². The molecule has 9 nitrogen and oxygen atoms in total. The lowest BCUT2D eigenvalue weighted by molar-refractivity contribution is -0.120. The van der Waals surface area contributed by atoms with E-state index in [2.05, 4.69) is 15.7 Å². The SMILES string of the molecule is O=C(CNC(=O)c1cc2n(n1)CCCN(Cc1ccccc1)C2=O)NC[C@H]1CCCO1. The average molecular weight is 425 g/mol. The second-order valence-electron chi connectivity index (χ2n) is 7.83. The summed E-state index contributed by atoms with van der Waals surface area (Å²) in [6.07, 6.45) is 2.74. The van der Waals surface area contributed by atoms with Gasteiger partial charge in [0.1, 0.15) is 5.69 Å². The van der Waals surface area contributed by atoms with E-state index in [0.717, 1.165) is 31.4 Å². The zero-order valence-electron chi connectivity index (χ0n) is 17.4. The molecule has 164 valence electrons. The number of hydrogen-bond donors (Lipinski definition) is 2. The van der Waals surface area contributed by atoms with Gasteiger partial charge >= 0.3 is 0 Å². The molecule has 4 rings (SSSR count). The highest BCUT2D eigenvalue weighted by molar-refractivity contribution is 5.99. The minimum Gasteiger partial charge on any atom is -0.376 e. The average Bonchev–Trinajstić information content (AvgIpc) is 3.43. The van der Waals surface area contributed by atoms with Gasteiger partial charge in [0.25, 0.3) is 11.8 Å². The molecule has 0 bridgehead atoms. The fourth-order valence-corrected chi connectivity index (χ4v) is 3.85. The maximum absolute atomic E-state index is 13.0. The maximum Gasteiger partial charge on any atom is 0.272 e. The largest absolute Gasteiger partial charge is 0.376 e. The Morgan fingerprint density at radius 3 is 2.74 bits per heavy atom. The van der Waals surface area contributed by atoms with Gasteiger partial charge in [-0.2, -0.15) is 5.10 Å². The van der Waals surface area contributed by atoms with Crippen molar-refractivity contribution in [2.75, 3.05) is 26.2 Å². The maximum atomic E-state index is 13.0. The predicted molar refractivity (Wildman–Crippen MR) is 112 cm³/mol. The highest BCUT2D eigenvalue weighted by Crippen LogP contribution is 2.16. The van der Waals surface area contributed by atoms with Gasteiger partial charge in [0.15, 0.2) is 5.69 Å². The van der Waals surface area contributed by atoms with Crippen molar-refractivity contribution < 1.29 is 19.1 Å². The van der Waals surface area contributed by atoms with Crippen molar-refractivity contribution in [1.29, 1.82) is 0 Å². The van der Waals surface area contributed by atoms with E-state index in [1.54, 1.807) is 9.58 Å². The summed E-state index contributed by atoms with van der Waals surface area (Å²) in [4.78, 5) is 39.2. The molecule has 31 heavy (non-hydrogen) atoms. The molecule has 1 atom stereocenters. The molecule has 2 aliphatic heterocycles. The van der Waals surface area contributed by atoms with Gasteiger partial charge in [0.05, 0.1) is 12.6 Å². The van der Waals surface area contributed by atoms with Crippen molar-refractivity contribution >= 4 is 17.7 Å². The van der Waals surface area contributed by atoms with Crippen LogP contribution in [-0.2, 0) is 22.6 Å². The molecule has 2 N–H and O–H groups in total. The minimum absolute atomic E-state index is 0.0493. The van der Waals surface area contributed by atoms with Crippen LogP contribution >= 0.6 is 0 Å². The van der Waals surface area contributed by atoms with Crippen LogP contribution in [0.3, 0.4) is 0 Å². The summed E-state index contributed by atoms with van der Waals surface area (Å²) < 4.78 is 7.04. The fraction of sp³-hybridized carbons (Fsp3) is 0.455. The molecule has 2 aromatic rings. The Hall–Kier alpha value is -3.20. The third kappa shape index (κ3) is 5.29. The summed E-state index contributed by atoms with van der Waals surface area (Å²) in [7, 11) is 0. The number of ether oxygens (including phenoxy) is 1.